The third-order valence-corrected chi connectivity index (χ3v) is 3.80. The first kappa shape index (κ1) is 14.3. The summed E-state index contributed by atoms with van der Waals surface area (Å²) in [4.78, 5) is 23.1. The Morgan fingerprint density at radius 3 is 2.59 bits per heavy atom. The Labute approximate surface area is 128 Å². The molecule has 22 heavy (non-hydrogen) atoms. The first-order valence-electron chi connectivity index (χ1n) is 7.14. The second-order valence-corrected chi connectivity index (χ2v) is 5.18. The standard InChI is InChI=1S/C18H16O4/c1-21-18(20)13-7-5-12(6-8-13)11-22-17-4-2-3-14-15(17)9-10-16(14)19/h2-8H,9-11H2,1H3. The average Bonchev–Trinajstić information content (AvgIpc) is 2.95. The first-order valence-corrected chi connectivity index (χ1v) is 7.14. The molecule has 112 valence electrons. The quantitative estimate of drug-likeness (QED) is 0.813. The average molecular weight is 296 g/mol. The third-order valence-electron chi connectivity index (χ3n) is 3.80. The maximum absolute atomic E-state index is 11.7. The van der Waals surface area contributed by atoms with Gasteiger partial charge < -0.3 is 9.47 Å². The van der Waals surface area contributed by atoms with Crippen molar-refractivity contribution in [3.8, 4) is 5.75 Å². The minimum Gasteiger partial charge on any atom is -0.489 e. The number of carbonyl (C=O) groups is 2. The number of hydrogen-bond acceptors (Lipinski definition) is 4. The van der Waals surface area contributed by atoms with Crippen LogP contribution in [0.25, 0.3) is 0 Å². The Balaban J connectivity index is 1.71. The summed E-state index contributed by atoms with van der Waals surface area (Å²) in [5.74, 6) is 0.593. The van der Waals surface area contributed by atoms with Crippen molar-refractivity contribution in [2.24, 2.45) is 0 Å². The highest BCUT2D eigenvalue weighted by Gasteiger charge is 2.22. The third kappa shape index (κ3) is 2.72. The molecule has 0 fully saturated rings. The fourth-order valence-electron chi connectivity index (χ4n) is 2.61. The Hall–Kier alpha value is -2.62. The maximum Gasteiger partial charge on any atom is 0.337 e. The van der Waals surface area contributed by atoms with E-state index >= 15 is 0 Å². The number of ketones is 1. The molecule has 4 nitrogen and oxygen atoms in total. The molecule has 0 spiro atoms. The van der Waals surface area contributed by atoms with Gasteiger partial charge in [0.1, 0.15) is 12.4 Å². The topological polar surface area (TPSA) is 52.6 Å². The van der Waals surface area contributed by atoms with Gasteiger partial charge >= 0.3 is 5.97 Å². The van der Waals surface area contributed by atoms with Crippen LogP contribution < -0.4 is 4.74 Å². The summed E-state index contributed by atoms with van der Waals surface area (Å²) in [6, 6.07) is 12.7. The van der Waals surface area contributed by atoms with E-state index in [1.54, 1.807) is 12.1 Å². The van der Waals surface area contributed by atoms with Gasteiger partial charge in [0.15, 0.2) is 5.78 Å². The van der Waals surface area contributed by atoms with Crippen molar-refractivity contribution in [2.45, 2.75) is 19.4 Å². The van der Waals surface area contributed by atoms with Gasteiger partial charge in [-0.1, -0.05) is 24.3 Å². The summed E-state index contributed by atoms with van der Waals surface area (Å²) in [5.41, 5.74) is 3.24. The molecule has 0 aromatic heterocycles. The van der Waals surface area contributed by atoms with Crippen LogP contribution in [0, 0.1) is 0 Å². The Bertz CT molecular complexity index is 716. The molecule has 1 aliphatic carbocycles. The van der Waals surface area contributed by atoms with E-state index in [1.165, 1.54) is 7.11 Å². The molecular weight excluding hydrogens is 280 g/mol. The van der Waals surface area contributed by atoms with Crippen LogP contribution in [0.2, 0.25) is 0 Å². The number of benzene rings is 2. The largest absolute Gasteiger partial charge is 0.489 e. The molecule has 0 bridgehead atoms. The summed E-state index contributed by atoms with van der Waals surface area (Å²) in [6.07, 6.45) is 1.30. The number of hydrogen-bond donors (Lipinski definition) is 0. The van der Waals surface area contributed by atoms with E-state index in [-0.39, 0.29) is 11.8 Å². The highest BCUT2D eigenvalue weighted by Crippen LogP contribution is 2.30. The van der Waals surface area contributed by atoms with Crippen LogP contribution in [0.4, 0.5) is 0 Å². The Morgan fingerprint density at radius 2 is 1.86 bits per heavy atom. The number of rotatable bonds is 4. The highest BCUT2D eigenvalue weighted by atomic mass is 16.5. The Morgan fingerprint density at radius 1 is 1.09 bits per heavy atom. The molecule has 2 aromatic carbocycles. The van der Waals surface area contributed by atoms with Crippen molar-refractivity contribution in [1.29, 1.82) is 0 Å². The zero-order valence-corrected chi connectivity index (χ0v) is 12.3. The minimum atomic E-state index is -0.355. The number of carbonyl (C=O) groups excluding carboxylic acids is 2. The molecule has 3 rings (SSSR count). The molecule has 0 amide bonds. The van der Waals surface area contributed by atoms with Gasteiger partial charge in [-0.05, 0) is 30.2 Å². The zero-order valence-electron chi connectivity index (χ0n) is 12.3. The van der Waals surface area contributed by atoms with Gasteiger partial charge in [-0.3, -0.25) is 4.79 Å². The molecule has 0 N–H and O–H groups in total. The zero-order chi connectivity index (χ0) is 15.5. The summed E-state index contributed by atoms with van der Waals surface area (Å²) in [5, 5.41) is 0. The molecule has 0 heterocycles. The molecular formula is C18H16O4. The van der Waals surface area contributed by atoms with Crippen molar-refractivity contribution in [1.82, 2.24) is 0 Å². The normalized spacial score (nSPS) is 12.9. The second-order valence-electron chi connectivity index (χ2n) is 5.18. The SMILES string of the molecule is COC(=O)c1ccc(COc2cccc3c2CCC3=O)cc1. The van der Waals surface area contributed by atoms with Crippen molar-refractivity contribution in [2.75, 3.05) is 7.11 Å². The van der Waals surface area contributed by atoms with Crippen molar-refractivity contribution in [3.05, 3.63) is 64.7 Å². The number of ether oxygens (including phenoxy) is 2. The molecule has 0 saturated heterocycles. The summed E-state index contributed by atoms with van der Waals surface area (Å²) >= 11 is 0. The van der Waals surface area contributed by atoms with Crippen molar-refractivity contribution in [3.63, 3.8) is 0 Å². The Kier molecular flexibility index (Phi) is 3.92. The monoisotopic (exact) mass is 296 g/mol. The fourth-order valence-corrected chi connectivity index (χ4v) is 2.61. The van der Waals surface area contributed by atoms with Crippen LogP contribution in [0.5, 0.6) is 5.75 Å². The van der Waals surface area contributed by atoms with Crippen LogP contribution in [0.1, 0.15) is 38.3 Å². The van der Waals surface area contributed by atoms with Gasteiger partial charge in [0, 0.05) is 17.5 Å². The van der Waals surface area contributed by atoms with Gasteiger partial charge in [-0.2, -0.15) is 0 Å². The van der Waals surface area contributed by atoms with E-state index in [9.17, 15) is 9.59 Å². The number of Topliss-reactive ketones (excluding diaryl/α,β-unsaturated/α-hetero) is 1. The molecule has 4 heteroatoms. The van der Waals surface area contributed by atoms with Crippen LogP contribution in [-0.4, -0.2) is 18.9 Å². The molecule has 1 aliphatic rings. The summed E-state index contributed by atoms with van der Waals surface area (Å²) in [6.45, 7) is 0.395. The summed E-state index contributed by atoms with van der Waals surface area (Å²) in [7, 11) is 1.36. The minimum absolute atomic E-state index is 0.183. The number of esters is 1. The lowest BCUT2D eigenvalue weighted by Gasteiger charge is -2.10. The lowest BCUT2D eigenvalue weighted by molar-refractivity contribution is 0.0600. The molecule has 2 aromatic rings. The first-order chi connectivity index (χ1) is 10.7. The predicted octanol–water partition coefficient (Wildman–Crippen LogP) is 3.18. The van der Waals surface area contributed by atoms with E-state index < -0.39 is 0 Å². The lowest BCUT2D eigenvalue weighted by atomic mass is 10.1. The number of fused-ring (bicyclic) bond motifs is 1. The molecule has 0 radical (unpaired) electrons. The fraction of sp³-hybridized carbons (Fsp3) is 0.222. The van der Waals surface area contributed by atoms with Crippen LogP contribution in [0.3, 0.4) is 0 Å². The van der Waals surface area contributed by atoms with Crippen LogP contribution >= 0.6 is 0 Å². The lowest BCUT2D eigenvalue weighted by Crippen LogP contribution is -2.02. The highest BCUT2D eigenvalue weighted by molar-refractivity contribution is 6.01. The molecule has 0 atom stereocenters. The van der Waals surface area contributed by atoms with E-state index in [4.69, 9.17) is 4.74 Å². The van der Waals surface area contributed by atoms with Gasteiger partial charge in [-0.15, -0.1) is 0 Å². The van der Waals surface area contributed by atoms with Gasteiger partial charge in [0.25, 0.3) is 0 Å². The predicted molar refractivity (Wildman–Crippen MR) is 81.2 cm³/mol. The van der Waals surface area contributed by atoms with Crippen LogP contribution in [0.15, 0.2) is 42.5 Å². The van der Waals surface area contributed by atoms with Gasteiger partial charge in [-0.25, -0.2) is 4.79 Å². The van der Waals surface area contributed by atoms with Crippen LogP contribution in [-0.2, 0) is 17.8 Å². The molecule has 0 aliphatic heterocycles. The van der Waals surface area contributed by atoms with E-state index in [0.717, 1.165) is 28.9 Å². The van der Waals surface area contributed by atoms with Gasteiger partial charge in [0.05, 0.1) is 12.7 Å². The smallest absolute Gasteiger partial charge is 0.337 e. The van der Waals surface area contributed by atoms with Gasteiger partial charge in [0.2, 0.25) is 0 Å². The van der Waals surface area contributed by atoms with E-state index in [2.05, 4.69) is 4.74 Å². The summed E-state index contributed by atoms with van der Waals surface area (Å²) < 4.78 is 10.5. The maximum atomic E-state index is 11.7. The molecule has 0 saturated carbocycles. The van der Waals surface area contributed by atoms with E-state index in [1.807, 2.05) is 30.3 Å². The van der Waals surface area contributed by atoms with E-state index in [0.29, 0.717) is 18.6 Å². The second kappa shape index (κ2) is 6.02. The number of methoxy groups -OCH3 is 1. The van der Waals surface area contributed by atoms with Crippen molar-refractivity contribution < 1.29 is 19.1 Å². The van der Waals surface area contributed by atoms with Crippen molar-refractivity contribution >= 4 is 11.8 Å². The molecule has 0 unspecified atom stereocenters.